The molecular weight excluding hydrogens is 212 g/mol. The third kappa shape index (κ3) is 1.37. The van der Waals surface area contributed by atoms with Crippen molar-refractivity contribution in [2.45, 2.75) is 19.8 Å². The number of aromatic nitrogens is 3. The molecule has 0 atom stereocenters. The smallest absolute Gasteiger partial charge is 0.152 e. The summed E-state index contributed by atoms with van der Waals surface area (Å²) >= 11 is 0. The second kappa shape index (κ2) is 3.45. The third-order valence-corrected chi connectivity index (χ3v) is 3.07. The highest BCUT2D eigenvalue weighted by molar-refractivity contribution is 6.07. The van der Waals surface area contributed by atoms with Gasteiger partial charge >= 0.3 is 0 Å². The maximum atomic E-state index is 5.90. The highest BCUT2D eigenvalue weighted by Crippen LogP contribution is 2.31. The van der Waals surface area contributed by atoms with Gasteiger partial charge in [-0.2, -0.15) is 0 Å². The Kier molecular flexibility index (Phi) is 2.04. The number of nitrogens with two attached hydrogens (primary N) is 1. The van der Waals surface area contributed by atoms with Crippen LogP contribution in [0, 0.1) is 0 Å². The fourth-order valence-electron chi connectivity index (χ4n) is 2.27. The number of hydrogen-bond donors (Lipinski definition) is 2. The largest absolute Gasteiger partial charge is 0.382 e. The zero-order chi connectivity index (χ0) is 12.0. The predicted octanol–water partition coefficient (Wildman–Crippen LogP) is 2.82. The van der Waals surface area contributed by atoms with E-state index in [0.29, 0.717) is 11.7 Å². The molecule has 0 aliphatic carbocycles. The highest BCUT2D eigenvalue weighted by atomic mass is 14.9. The van der Waals surface area contributed by atoms with E-state index in [4.69, 9.17) is 5.73 Å². The number of nitrogens with one attached hydrogen (secondary N) is 1. The number of aromatic amines is 1. The molecule has 17 heavy (non-hydrogen) atoms. The third-order valence-electron chi connectivity index (χ3n) is 3.07. The molecule has 86 valence electrons. The van der Waals surface area contributed by atoms with Gasteiger partial charge in [0.15, 0.2) is 5.82 Å². The minimum Gasteiger partial charge on any atom is -0.382 e. The molecule has 3 rings (SSSR count). The Labute approximate surface area is 98.9 Å². The Bertz CT molecular complexity index is 697. The number of imidazole rings is 1. The van der Waals surface area contributed by atoms with Crippen molar-refractivity contribution in [1.29, 1.82) is 0 Å². The van der Waals surface area contributed by atoms with Crippen molar-refractivity contribution in [2.75, 3.05) is 5.73 Å². The lowest BCUT2D eigenvalue weighted by atomic mass is 9.97. The summed E-state index contributed by atoms with van der Waals surface area (Å²) in [7, 11) is 0. The summed E-state index contributed by atoms with van der Waals surface area (Å²) < 4.78 is 0. The van der Waals surface area contributed by atoms with Gasteiger partial charge in [0.25, 0.3) is 0 Å². The maximum Gasteiger partial charge on any atom is 0.152 e. The first kappa shape index (κ1) is 10.1. The summed E-state index contributed by atoms with van der Waals surface area (Å²) in [6.45, 7) is 4.35. The molecular formula is C13H14N4. The molecule has 0 saturated carbocycles. The van der Waals surface area contributed by atoms with Crippen molar-refractivity contribution in [3.63, 3.8) is 0 Å². The number of H-pyrrole nitrogens is 1. The second-order valence-corrected chi connectivity index (χ2v) is 4.52. The molecule has 3 N–H and O–H groups in total. The van der Waals surface area contributed by atoms with Crippen LogP contribution in [0.2, 0.25) is 0 Å². The number of nitrogens with zero attached hydrogens (tertiary/aromatic N) is 2. The van der Waals surface area contributed by atoms with E-state index in [0.717, 1.165) is 21.9 Å². The van der Waals surface area contributed by atoms with Crippen LogP contribution >= 0.6 is 0 Å². The SMILES string of the molecule is CC(C)c1cccc2nc(N)c3nc[nH]c3c12. The molecule has 2 heterocycles. The van der Waals surface area contributed by atoms with Crippen LogP contribution < -0.4 is 5.73 Å². The Morgan fingerprint density at radius 2 is 2.12 bits per heavy atom. The van der Waals surface area contributed by atoms with Gasteiger partial charge in [-0.05, 0) is 17.5 Å². The van der Waals surface area contributed by atoms with Crippen LogP contribution in [0.25, 0.3) is 21.9 Å². The maximum absolute atomic E-state index is 5.90. The van der Waals surface area contributed by atoms with Crippen molar-refractivity contribution in [3.05, 3.63) is 30.1 Å². The van der Waals surface area contributed by atoms with Gasteiger partial charge in [-0.3, -0.25) is 0 Å². The zero-order valence-electron chi connectivity index (χ0n) is 9.86. The van der Waals surface area contributed by atoms with Gasteiger partial charge in [-0.25, -0.2) is 9.97 Å². The van der Waals surface area contributed by atoms with Gasteiger partial charge in [0.1, 0.15) is 5.52 Å². The van der Waals surface area contributed by atoms with Crippen LogP contribution in [0.5, 0.6) is 0 Å². The molecule has 4 nitrogen and oxygen atoms in total. The fourth-order valence-corrected chi connectivity index (χ4v) is 2.27. The molecule has 4 heteroatoms. The predicted molar refractivity (Wildman–Crippen MR) is 69.9 cm³/mol. The molecule has 0 spiro atoms. The number of rotatable bonds is 1. The first-order valence-electron chi connectivity index (χ1n) is 5.69. The summed E-state index contributed by atoms with van der Waals surface area (Å²) in [5, 5.41) is 1.13. The average Bonchev–Trinajstić information content (AvgIpc) is 2.77. The highest BCUT2D eigenvalue weighted by Gasteiger charge is 2.13. The standard InChI is InChI=1S/C13H14N4/c1-7(2)8-4-3-5-9-10(8)11-12(13(14)17-9)16-6-15-11/h3-7H,1-2H3,(H2,14,17)(H,15,16). The van der Waals surface area contributed by atoms with Crippen LogP contribution in [0.1, 0.15) is 25.3 Å². The van der Waals surface area contributed by atoms with Crippen molar-refractivity contribution in [1.82, 2.24) is 15.0 Å². The lowest BCUT2D eigenvalue weighted by Gasteiger charge is -2.10. The molecule has 0 saturated heterocycles. The van der Waals surface area contributed by atoms with Crippen LogP contribution in [0.4, 0.5) is 5.82 Å². The normalized spacial score (nSPS) is 11.7. The monoisotopic (exact) mass is 226 g/mol. The lowest BCUT2D eigenvalue weighted by Crippen LogP contribution is -1.96. The Morgan fingerprint density at radius 1 is 1.29 bits per heavy atom. The van der Waals surface area contributed by atoms with Crippen LogP contribution in [0.15, 0.2) is 24.5 Å². The van der Waals surface area contributed by atoms with E-state index in [1.807, 2.05) is 12.1 Å². The minimum atomic E-state index is 0.440. The molecule has 0 unspecified atom stereocenters. The van der Waals surface area contributed by atoms with Crippen LogP contribution in [-0.2, 0) is 0 Å². The minimum absolute atomic E-state index is 0.440. The molecule has 0 bridgehead atoms. The summed E-state index contributed by atoms with van der Waals surface area (Å²) in [6, 6.07) is 6.13. The molecule has 2 aromatic heterocycles. The summed E-state index contributed by atoms with van der Waals surface area (Å²) in [6.07, 6.45) is 1.67. The number of nitrogen functional groups attached to an aromatic ring is 1. The quantitative estimate of drug-likeness (QED) is 0.670. The molecule has 3 aromatic rings. The summed E-state index contributed by atoms with van der Waals surface area (Å²) in [5.41, 5.74) is 9.83. The van der Waals surface area contributed by atoms with Crippen molar-refractivity contribution in [2.24, 2.45) is 0 Å². The molecule has 1 aromatic carbocycles. The van der Waals surface area contributed by atoms with E-state index >= 15 is 0 Å². The molecule has 0 fully saturated rings. The van der Waals surface area contributed by atoms with E-state index in [2.05, 4.69) is 34.9 Å². The molecule has 0 aliphatic heterocycles. The van der Waals surface area contributed by atoms with E-state index in [-0.39, 0.29) is 0 Å². The molecule has 0 aliphatic rings. The number of pyridine rings is 1. The van der Waals surface area contributed by atoms with Crippen LogP contribution in [0.3, 0.4) is 0 Å². The van der Waals surface area contributed by atoms with E-state index in [1.165, 1.54) is 5.56 Å². The topological polar surface area (TPSA) is 67.6 Å². The summed E-state index contributed by atoms with van der Waals surface area (Å²) in [4.78, 5) is 11.8. The number of fused-ring (bicyclic) bond motifs is 3. The molecule has 0 amide bonds. The van der Waals surface area contributed by atoms with Gasteiger partial charge < -0.3 is 10.7 Å². The van der Waals surface area contributed by atoms with Gasteiger partial charge in [-0.1, -0.05) is 26.0 Å². The van der Waals surface area contributed by atoms with E-state index < -0.39 is 0 Å². The fraction of sp³-hybridized carbons (Fsp3) is 0.231. The van der Waals surface area contributed by atoms with Crippen molar-refractivity contribution < 1.29 is 0 Å². The Balaban J connectivity index is 2.57. The zero-order valence-corrected chi connectivity index (χ0v) is 9.86. The van der Waals surface area contributed by atoms with Crippen molar-refractivity contribution >= 4 is 27.8 Å². The Hall–Kier alpha value is -2.10. The summed E-state index contributed by atoms with van der Waals surface area (Å²) in [5.74, 6) is 0.922. The first-order chi connectivity index (χ1) is 8.18. The first-order valence-corrected chi connectivity index (χ1v) is 5.69. The van der Waals surface area contributed by atoms with Gasteiger partial charge in [0, 0.05) is 5.39 Å². The van der Waals surface area contributed by atoms with E-state index in [9.17, 15) is 0 Å². The van der Waals surface area contributed by atoms with Gasteiger partial charge in [0.05, 0.1) is 17.4 Å². The van der Waals surface area contributed by atoms with Crippen LogP contribution in [-0.4, -0.2) is 15.0 Å². The molecule has 0 radical (unpaired) electrons. The van der Waals surface area contributed by atoms with E-state index in [1.54, 1.807) is 6.33 Å². The van der Waals surface area contributed by atoms with Gasteiger partial charge in [0.2, 0.25) is 0 Å². The number of hydrogen-bond acceptors (Lipinski definition) is 3. The Morgan fingerprint density at radius 3 is 2.88 bits per heavy atom. The number of anilines is 1. The second-order valence-electron chi connectivity index (χ2n) is 4.52. The van der Waals surface area contributed by atoms with Crippen molar-refractivity contribution in [3.8, 4) is 0 Å². The van der Waals surface area contributed by atoms with Gasteiger partial charge in [-0.15, -0.1) is 0 Å². The number of benzene rings is 1. The average molecular weight is 226 g/mol. The lowest BCUT2D eigenvalue weighted by molar-refractivity contribution is 0.876.